The molecular formula is C29H23ClN2O4S. The molecule has 2 aromatic heterocycles. The SMILES string of the molecule is COc1cc2cc(-c3ccccc3)n(Cc3cccc(C(=O)CS(=O)(=O)c4ccccc4)n3)c2cc1Cl. The number of ether oxygens (including phenoxy) is 1. The highest BCUT2D eigenvalue weighted by Gasteiger charge is 2.22. The fourth-order valence-corrected chi connectivity index (χ4v) is 5.75. The lowest BCUT2D eigenvalue weighted by Crippen LogP contribution is -2.18. The van der Waals surface area contributed by atoms with Crippen LogP contribution in [0.1, 0.15) is 16.2 Å². The van der Waals surface area contributed by atoms with Crippen LogP contribution in [0.5, 0.6) is 5.75 Å². The largest absolute Gasteiger partial charge is 0.495 e. The maximum atomic E-state index is 12.9. The van der Waals surface area contributed by atoms with Crippen LogP contribution >= 0.6 is 11.6 Å². The van der Waals surface area contributed by atoms with Crippen LogP contribution < -0.4 is 4.74 Å². The molecule has 0 amide bonds. The average molecular weight is 531 g/mol. The van der Waals surface area contributed by atoms with E-state index in [1.807, 2.05) is 48.5 Å². The van der Waals surface area contributed by atoms with Gasteiger partial charge in [0.2, 0.25) is 0 Å². The van der Waals surface area contributed by atoms with Gasteiger partial charge in [0.25, 0.3) is 0 Å². The van der Waals surface area contributed by atoms with E-state index in [0.717, 1.165) is 22.2 Å². The molecule has 0 aliphatic heterocycles. The number of hydrogen-bond acceptors (Lipinski definition) is 5. The molecule has 0 N–H and O–H groups in total. The van der Waals surface area contributed by atoms with Crippen LogP contribution in [0.3, 0.4) is 0 Å². The summed E-state index contributed by atoms with van der Waals surface area (Å²) in [6, 6.07) is 28.7. The van der Waals surface area contributed by atoms with Crippen molar-refractivity contribution in [3.8, 4) is 17.0 Å². The molecule has 0 spiro atoms. The molecule has 3 aromatic carbocycles. The summed E-state index contributed by atoms with van der Waals surface area (Å²) >= 11 is 6.46. The number of rotatable bonds is 8. The Kier molecular flexibility index (Phi) is 6.82. The Bertz CT molecular complexity index is 1700. The second kappa shape index (κ2) is 10.2. The molecule has 0 saturated heterocycles. The average Bonchev–Trinajstić information content (AvgIpc) is 3.26. The number of carbonyl (C=O) groups excluding carboxylic acids is 1. The van der Waals surface area contributed by atoms with Gasteiger partial charge in [0, 0.05) is 11.1 Å². The molecule has 8 heteroatoms. The predicted octanol–water partition coefficient (Wildman–Crippen LogP) is 6.07. The number of nitrogens with zero attached hydrogens (tertiary/aromatic N) is 2. The third-order valence-electron chi connectivity index (χ3n) is 6.08. The van der Waals surface area contributed by atoms with Gasteiger partial charge in [0.1, 0.15) is 17.2 Å². The minimum Gasteiger partial charge on any atom is -0.495 e. The molecule has 0 bridgehead atoms. The van der Waals surface area contributed by atoms with E-state index < -0.39 is 21.4 Å². The molecule has 186 valence electrons. The molecule has 0 saturated carbocycles. The summed E-state index contributed by atoms with van der Waals surface area (Å²) in [7, 11) is -2.20. The van der Waals surface area contributed by atoms with Crippen molar-refractivity contribution in [3.05, 3.63) is 113 Å². The molecule has 37 heavy (non-hydrogen) atoms. The number of fused-ring (bicyclic) bond motifs is 1. The summed E-state index contributed by atoms with van der Waals surface area (Å²) in [4.78, 5) is 17.6. The lowest BCUT2D eigenvalue weighted by Gasteiger charge is -2.12. The Morgan fingerprint density at radius 2 is 1.62 bits per heavy atom. The van der Waals surface area contributed by atoms with Crippen molar-refractivity contribution in [3.63, 3.8) is 0 Å². The van der Waals surface area contributed by atoms with Gasteiger partial charge in [-0.05, 0) is 48.0 Å². The van der Waals surface area contributed by atoms with Crippen molar-refractivity contribution >= 4 is 38.1 Å². The van der Waals surface area contributed by atoms with Gasteiger partial charge in [-0.3, -0.25) is 4.79 Å². The van der Waals surface area contributed by atoms with Gasteiger partial charge in [-0.15, -0.1) is 0 Å². The Morgan fingerprint density at radius 3 is 2.32 bits per heavy atom. The van der Waals surface area contributed by atoms with E-state index in [1.165, 1.54) is 12.1 Å². The standard InChI is InChI=1S/C29H23ClN2O4S/c1-36-29-16-21-15-26(20-9-4-2-5-10-20)32(27(21)17-24(29)30)18-22-11-8-14-25(31-22)28(33)19-37(34,35)23-12-6-3-7-13-23/h2-17H,18-19H2,1H3. The zero-order valence-electron chi connectivity index (χ0n) is 20.0. The highest BCUT2D eigenvalue weighted by Crippen LogP contribution is 2.35. The maximum Gasteiger partial charge on any atom is 0.196 e. The second-order valence-corrected chi connectivity index (χ2v) is 10.9. The zero-order chi connectivity index (χ0) is 26.0. The summed E-state index contributed by atoms with van der Waals surface area (Å²) in [5.74, 6) is -0.625. The molecule has 0 fully saturated rings. The van der Waals surface area contributed by atoms with E-state index in [-0.39, 0.29) is 10.6 Å². The maximum absolute atomic E-state index is 12.9. The fourth-order valence-electron chi connectivity index (χ4n) is 4.28. The number of Topliss-reactive ketones (excluding diaryl/α,β-unsaturated/α-hetero) is 1. The number of ketones is 1. The predicted molar refractivity (Wildman–Crippen MR) is 145 cm³/mol. The Labute approximate surface area is 220 Å². The Balaban J connectivity index is 1.51. The summed E-state index contributed by atoms with van der Waals surface area (Å²) in [6.45, 7) is 0.350. The number of benzene rings is 3. The monoisotopic (exact) mass is 530 g/mol. The third kappa shape index (κ3) is 5.14. The summed E-state index contributed by atoms with van der Waals surface area (Å²) in [5.41, 5.74) is 3.56. The minimum atomic E-state index is -3.77. The van der Waals surface area contributed by atoms with Crippen molar-refractivity contribution in [2.24, 2.45) is 0 Å². The number of sulfone groups is 1. The quantitative estimate of drug-likeness (QED) is 0.227. The molecule has 6 nitrogen and oxygen atoms in total. The van der Waals surface area contributed by atoms with Gasteiger partial charge < -0.3 is 9.30 Å². The molecular weight excluding hydrogens is 508 g/mol. The number of halogens is 1. The Morgan fingerprint density at radius 1 is 0.919 bits per heavy atom. The number of hydrogen-bond donors (Lipinski definition) is 0. The first-order valence-electron chi connectivity index (χ1n) is 11.5. The Hall–Kier alpha value is -3.94. The van der Waals surface area contributed by atoms with Crippen LogP contribution in [0, 0.1) is 0 Å². The molecule has 0 aliphatic carbocycles. The first kappa shape index (κ1) is 24.7. The number of pyridine rings is 1. The number of aromatic nitrogens is 2. The zero-order valence-corrected chi connectivity index (χ0v) is 21.5. The fraction of sp³-hybridized carbons (Fsp3) is 0.103. The van der Waals surface area contributed by atoms with Gasteiger partial charge >= 0.3 is 0 Å². The normalized spacial score (nSPS) is 11.5. The van der Waals surface area contributed by atoms with Crippen LogP contribution in [0.2, 0.25) is 5.02 Å². The molecule has 0 aliphatic rings. The molecule has 0 unspecified atom stereocenters. The van der Waals surface area contributed by atoms with Crippen molar-refractivity contribution in [1.29, 1.82) is 0 Å². The van der Waals surface area contributed by atoms with Crippen molar-refractivity contribution in [2.45, 2.75) is 11.4 Å². The first-order valence-corrected chi connectivity index (χ1v) is 13.6. The van der Waals surface area contributed by atoms with Gasteiger partial charge in [-0.25, -0.2) is 13.4 Å². The van der Waals surface area contributed by atoms with E-state index in [2.05, 4.69) is 15.6 Å². The van der Waals surface area contributed by atoms with Crippen LogP contribution in [0.25, 0.3) is 22.2 Å². The van der Waals surface area contributed by atoms with Gasteiger partial charge in [-0.2, -0.15) is 0 Å². The van der Waals surface area contributed by atoms with Crippen molar-refractivity contribution in [1.82, 2.24) is 9.55 Å². The lowest BCUT2D eigenvalue weighted by molar-refractivity contribution is 0.101. The molecule has 0 radical (unpaired) electrons. The van der Waals surface area contributed by atoms with E-state index in [1.54, 1.807) is 37.4 Å². The van der Waals surface area contributed by atoms with E-state index in [4.69, 9.17) is 16.3 Å². The van der Waals surface area contributed by atoms with Crippen LogP contribution in [0.15, 0.2) is 102 Å². The van der Waals surface area contributed by atoms with Crippen molar-refractivity contribution in [2.75, 3.05) is 12.9 Å². The lowest BCUT2D eigenvalue weighted by atomic mass is 10.1. The molecule has 5 aromatic rings. The summed E-state index contributed by atoms with van der Waals surface area (Å²) < 4.78 is 32.9. The van der Waals surface area contributed by atoms with Gasteiger partial charge in [0.05, 0.1) is 34.8 Å². The second-order valence-electron chi connectivity index (χ2n) is 8.54. The molecule has 5 rings (SSSR count). The van der Waals surface area contributed by atoms with Crippen LogP contribution in [-0.2, 0) is 16.4 Å². The van der Waals surface area contributed by atoms with E-state index >= 15 is 0 Å². The topological polar surface area (TPSA) is 78.3 Å². The smallest absolute Gasteiger partial charge is 0.196 e. The van der Waals surface area contributed by atoms with E-state index in [0.29, 0.717) is 23.0 Å². The molecule has 0 atom stereocenters. The van der Waals surface area contributed by atoms with Crippen LogP contribution in [0.4, 0.5) is 0 Å². The van der Waals surface area contributed by atoms with Gasteiger partial charge in [-0.1, -0.05) is 66.2 Å². The number of methoxy groups -OCH3 is 1. The highest BCUT2D eigenvalue weighted by molar-refractivity contribution is 7.92. The summed E-state index contributed by atoms with van der Waals surface area (Å²) in [6.07, 6.45) is 0. The van der Waals surface area contributed by atoms with Crippen molar-refractivity contribution < 1.29 is 17.9 Å². The minimum absolute atomic E-state index is 0.106. The molecule has 2 heterocycles. The van der Waals surface area contributed by atoms with Gasteiger partial charge in [0.15, 0.2) is 15.6 Å². The van der Waals surface area contributed by atoms with Crippen LogP contribution in [-0.4, -0.2) is 36.6 Å². The first-order chi connectivity index (χ1) is 17.9. The third-order valence-corrected chi connectivity index (χ3v) is 8.01. The number of carbonyl (C=O) groups is 1. The van der Waals surface area contributed by atoms with E-state index in [9.17, 15) is 13.2 Å². The highest BCUT2D eigenvalue weighted by atomic mass is 35.5. The summed E-state index contributed by atoms with van der Waals surface area (Å²) in [5, 5.41) is 1.43.